The summed E-state index contributed by atoms with van der Waals surface area (Å²) in [7, 11) is 0. The topological polar surface area (TPSA) is 81.8 Å². The highest BCUT2D eigenvalue weighted by Crippen LogP contribution is 2.34. The first-order chi connectivity index (χ1) is 16.7. The molecule has 2 fully saturated rings. The van der Waals surface area contributed by atoms with Crippen molar-refractivity contribution in [3.63, 3.8) is 0 Å². The van der Waals surface area contributed by atoms with Crippen LogP contribution in [0.1, 0.15) is 28.8 Å². The highest BCUT2D eigenvalue weighted by atomic mass is 19.4. The number of piperazine rings is 1. The van der Waals surface area contributed by atoms with Gasteiger partial charge in [0, 0.05) is 19.0 Å². The lowest BCUT2D eigenvalue weighted by molar-refractivity contribution is -0.140. The maximum absolute atomic E-state index is 13.4. The van der Waals surface area contributed by atoms with Gasteiger partial charge in [0.05, 0.1) is 23.4 Å². The number of hydrogen-bond donors (Lipinski definition) is 2. The number of rotatable bonds is 2. The van der Waals surface area contributed by atoms with Gasteiger partial charge in [-0.15, -0.1) is 0 Å². The Bertz CT molecular complexity index is 1180. The van der Waals surface area contributed by atoms with Crippen molar-refractivity contribution in [3.05, 3.63) is 53.6 Å². The molecule has 3 aliphatic heterocycles. The van der Waals surface area contributed by atoms with Crippen molar-refractivity contribution in [3.8, 4) is 11.1 Å². The van der Waals surface area contributed by atoms with Crippen molar-refractivity contribution in [2.75, 3.05) is 38.0 Å². The number of benzene rings is 2. The van der Waals surface area contributed by atoms with Crippen LogP contribution in [0, 0.1) is 5.92 Å². The molecule has 1 unspecified atom stereocenters. The zero-order chi connectivity index (χ0) is 24.7. The molecule has 0 aliphatic carbocycles. The van der Waals surface area contributed by atoms with Crippen molar-refractivity contribution in [1.82, 2.24) is 15.1 Å². The third-order valence-corrected chi connectivity index (χ3v) is 6.98. The molecular formula is C25H25F3N4O3. The number of amides is 3. The van der Waals surface area contributed by atoms with Gasteiger partial charge in [-0.3, -0.25) is 14.4 Å². The monoisotopic (exact) mass is 486 g/mol. The van der Waals surface area contributed by atoms with E-state index < -0.39 is 17.8 Å². The number of piperidine rings is 1. The van der Waals surface area contributed by atoms with E-state index in [9.17, 15) is 27.6 Å². The van der Waals surface area contributed by atoms with Gasteiger partial charge in [-0.1, -0.05) is 18.2 Å². The molecule has 0 radical (unpaired) electrons. The fraction of sp³-hybridized carbons (Fsp3) is 0.400. The van der Waals surface area contributed by atoms with E-state index in [-0.39, 0.29) is 42.3 Å². The number of carbonyl (C=O) groups excluding carboxylic acids is 3. The van der Waals surface area contributed by atoms with Crippen LogP contribution in [0.3, 0.4) is 0 Å². The number of nitrogens with zero attached hydrogens (tertiary/aromatic N) is 2. The SMILES string of the molecule is O=C1Nc2ccc(-c3cccc(C(F)(F)F)c3)cc2C(=O)N2CCN(C(=O)C3CCNCC3)CC12. The van der Waals surface area contributed by atoms with Crippen LogP contribution in [0.2, 0.25) is 0 Å². The summed E-state index contributed by atoms with van der Waals surface area (Å²) in [6.45, 7) is 2.22. The van der Waals surface area contributed by atoms with Crippen molar-refractivity contribution in [1.29, 1.82) is 0 Å². The molecule has 0 aromatic heterocycles. The molecule has 0 spiro atoms. The fourth-order valence-electron chi connectivity index (χ4n) is 5.03. The molecule has 1 atom stereocenters. The van der Waals surface area contributed by atoms with Crippen LogP contribution in [0.25, 0.3) is 11.1 Å². The Kier molecular flexibility index (Phi) is 6.00. The van der Waals surface area contributed by atoms with Crippen molar-refractivity contribution >= 4 is 23.4 Å². The lowest BCUT2D eigenvalue weighted by atomic mass is 9.95. The van der Waals surface area contributed by atoms with E-state index in [1.165, 1.54) is 23.1 Å². The summed E-state index contributed by atoms with van der Waals surface area (Å²) in [5.74, 6) is -0.836. The van der Waals surface area contributed by atoms with Gasteiger partial charge in [0.25, 0.3) is 5.91 Å². The van der Waals surface area contributed by atoms with Crippen LogP contribution >= 0.6 is 0 Å². The molecule has 3 amide bonds. The largest absolute Gasteiger partial charge is 0.416 e. The second-order valence-electron chi connectivity index (χ2n) is 9.15. The molecule has 10 heteroatoms. The highest BCUT2D eigenvalue weighted by molar-refractivity contribution is 6.10. The van der Waals surface area contributed by atoms with E-state index in [2.05, 4.69) is 10.6 Å². The van der Waals surface area contributed by atoms with E-state index in [0.29, 0.717) is 23.4 Å². The van der Waals surface area contributed by atoms with Crippen molar-refractivity contribution < 1.29 is 27.6 Å². The Labute approximate surface area is 200 Å². The number of alkyl halides is 3. The van der Waals surface area contributed by atoms with Crippen molar-refractivity contribution in [2.45, 2.75) is 25.1 Å². The quantitative estimate of drug-likeness (QED) is 0.684. The van der Waals surface area contributed by atoms with Crippen LogP contribution in [-0.2, 0) is 15.8 Å². The van der Waals surface area contributed by atoms with E-state index in [4.69, 9.17) is 0 Å². The Morgan fingerprint density at radius 2 is 1.71 bits per heavy atom. The third-order valence-electron chi connectivity index (χ3n) is 6.98. The number of anilines is 1. The number of halogens is 3. The predicted molar refractivity (Wildman–Crippen MR) is 123 cm³/mol. The molecule has 35 heavy (non-hydrogen) atoms. The molecule has 2 saturated heterocycles. The van der Waals surface area contributed by atoms with Gasteiger partial charge < -0.3 is 20.4 Å². The first-order valence-corrected chi connectivity index (χ1v) is 11.7. The fourth-order valence-corrected chi connectivity index (χ4v) is 5.03. The summed E-state index contributed by atoms with van der Waals surface area (Å²) in [4.78, 5) is 42.6. The van der Waals surface area contributed by atoms with Gasteiger partial charge in [-0.05, 0) is 61.3 Å². The molecule has 7 nitrogen and oxygen atoms in total. The molecule has 2 N–H and O–H groups in total. The summed E-state index contributed by atoms with van der Waals surface area (Å²) >= 11 is 0. The standard InChI is InChI=1S/C25H25F3N4O3/c26-25(27,28)18-3-1-2-16(12-18)17-4-5-20-19(13-17)24(35)32-11-10-31(14-21(32)22(33)30-20)23(34)15-6-8-29-9-7-15/h1-5,12-13,15,21,29H,6-11,14H2,(H,30,33). The molecule has 3 heterocycles. The van der Waals surface area contributed by atoms with E-state index in [1.807, 2.05) is 0 Å². The predicted octanol–water partition coefficient (Wildman–Crippen LogP) is 2.98. The zero-order valence-electron chi connectivity index (χ0n) is 18.9. The second-order valence-corrected chi connectivity index (χ2v) is 9.15. The summed E-state index contributed by atoms with van der Waals surface area (Å²) in [6, 6.07) is 8.71. The Balaban J connectivity index is 1.40. The smallest absolute Gasteiger partial charge is 0.338 e. The van der Waals surface area contributed by atoms with Crippen LogP contribution in [-0.4, -0.2) is 66.3 Å². The lowest BCUT2D eigenvalue weighted by Gasteiger charge is -2.41. The third kappa shape index (κ3) is 4.50. The van der Waals surface area contributed by atoms with Crippen LogP contribution < -0.4 is 10.6 Å². The molecule has 3 aliphatic rings. The minimum Gasteiger partial charge on any atom is -0.338 e. The number of fused-ring (bicyclic) bond motifs is 2. The summed E-state index contributed by atoms with van der Waals surface area (Å²) in [5.41, 5.74) is 0.505. The molecule has 0 saturated carbocycles. The number of carbonyl (C=O) groups is 3. The first-order valence-electron chi connectivity index (χ1n) is 11.7. The van der Waals surface area contributed by atoms with Gasteiger partial charge in [-0.2, -0.15) is 13.2 Å². The van der Waals surface area contributed by atoms with Gasteiger partial charge >= 0.3 is 6.18 Å². The van der Waals surface area contributed by atoms with E-state index in [1.54, 1.807) is 17.0 Å². The van der Waals surface area contributed by atoms with Gasteiger partial charge in [-0.25, -0.2) is 0 Å². The Morgan fingerprint density at radius 3 is 2.46 bits per heavy atom. The average Bonchev–Trinajstić information content (AvgIpc) is 2.97. The Morgan fingerprint density at radius 1 is 0.971 bits per heavy atom. The molecule has 0 bridgehead atoms. The minimum atomic E-state index is -4.48. The van der Waals surface area contributed by atoms with Gasteiger partial charge in [0.2, 0.25) is 11.8 Å². The lowest BCUT2D eigenvalue weighted by Crippen LogP contribution is -2.60. The summed E-state index contributed by atoms with van der Waals surface area (Å²) < 4.78 is 39.5. The maximum Gasteiger partial charge on any atom is 0.416 e. The molecule has 184 valence electrons. The average molecular weight is 486 g/mol. The normalized spacial score (nSPS) is 21.2. The van der Waals surface area contributed by atoms with E-state index in [0.717, 1.165) is 38.1 Å². The zero-order valence-corrected chi connectivity index (χ0v) is 18.9. The van der Waals surface area contributed by atoms with Crippen LogP contribution in [0.15, 0.2) is 42.5 Å². The number of hydrogen-bond acceptors (Lipinski definition) is 4. The second kappa shape index (κ2) is 8.99. The summed E-state index contributed by atoms with van der Waals surface area (Å²) in [5, 5.41) is 6.01. The van der Waals surface area contributed by atoms with Crippen molar-refractivity contribution in [2.24, 2.45) is 5.92 Å². The van der Waals surface area contributed by atoms with Crippen LogP contribution in [0.5, 0.6) is 0 Å². The molecule has 2 aromatic carbocycles. The summed E-state index contributed by atoms with van der Waals surface area (Å²) in [6.07, 6.45) is -2.98. The van der Waals surface area contributed by atoms with Gasteiger partial charge in [0.1, 0.15) is 6.04 Å². The highest BCUT2D eigenvalue weighted by Gasteiger charge is 2.41. The van der Waals surface area contributed by atoms with Crippen LogP contribution in [0.4, 0.5) is 18.9 Å². The molecule has 2 aromatic rings. The number of nitrogens with one attached hydrogen (secondary N) is 2. The maximum atomic E-state index is 13.4. The first kappa shape index (κ1) is 23.3. The molecule has 5 rings (SSSR count). The minimum absolute atomic E-state index is 0.0139. The van der Waals surface area contributed by atoms with Gasteiger partial charge in [0.15, 0.2) is 0 Å². The van der Waals surface area contributed by atoms with E-state index >= 15 is 0 Å². The molecular weight excluding hydrogens is 461 g/mol. The Hall–Kier alpha value is -3.40.